The van der Waals surface area contributed by atoms with Crippen molar-refractivity contribution in [3.8, 4) is 5.75 Å². The van der Waals surface area contributed by atoms with Gasteiger partial charge in [0.25, 0.3) is 5.91 Å². The second-order valence-electron chi connectivity index (χ2n) is 6.06. The normalized spacial score (nSPS) is 26.1. The van der Waals surface area contributed by atoms with Crippen molar-refractivity contribution >= 4 is 11.6 Å². The second kappa shape index (κ2) is 6.75. The summed E-state index contributed by atoms with van der Waals surface area (Å²) in [4.78, 5) is 13.5. The van der Waals surface area contributed by atoms with Crippen LogP contribution in [0, 0.1) is 11.8 Å². The molecule has 1 fully saturated rings. The van der Waals surface area contributed by atoms with Crippen LogP contribution in [0.4, 0.5) is 5.69 Å². The van der Waals surface area contributed by atoms with Crippen LogP contribution in [0.2, 0.25) is 0 Å². The number of amides is 1. The fourth-order valence-electron chi connectivity index (χ4n) is 3.20. The molecule has 1 heterocycles. The van der Waals surface area contributed by atoms with Gasteiger partial charge in [0.2, 0.25) is 0 Å². The van der Waals surface area contributed by atoms with Crippen LogP contribution in [0.5, 0.6) is 5.75 Å². The summed E-state index contributed by atoms with van der Waals surface area (Å²) in [6.45, 7) is 7.28. The minimum atomic E-state index is 0.0783. The third-order valence-electron chi connectivity index (χ3n) is 3.84. The Balaban J connectivity index is 1.88. The summed E-state index contributed by atoms with van der Waals surface area (Å²) >= 11 is 0. The summed E-state index contributed by atoms with van der Waals surface area (Å²) in [5, 5.41) is 2.95. The van der Waals surface area contributed by atoms with Gasteiger partial charge in [-0.1, -0.05) is 19.9 Å². The smallest absolute Gasteiger partial charge is 0.279 e. The van der Waals surface area contributed by atoms with E-state index in [9.17, 15) is 4.79 Å². The number of likely N-dealkylation sites (tertiary alicyclic amines) is 1. The number of anilines is 1. The van der Waals surface area contributed by atoms with Crippen molar-refractivity contribution in [1.82, 2.24) is 0 Å². The summed E-state index contributed by atoms with van der Waals surface area (Å²) in [7, 11) is 1.63. The summed E-state index contributed by atoms with van der Waals surface area (Å²) in [6.07, 6.45) is 1.28. The van der Waals surface area contributed by atoms with Gasteiger partial charge in [0, 0.05) is 23.6 Å². The predicted molar refractivity (Wildman–Crippen MR) is 80.1 cm³/mol. The lowest BCUT2D eigenvalue weighted by Crippen LogP contribution is -3.15. The monoisotopic (exact) mass is 277 g/mol. The van der Waals surface area contributed by atoms with Gasteiger partial charge in [-0.05, 0) is 18.6 Å². The molecule has 4 heteroatoms. The topological polar surface area (TPSA) is 42.8 Å². The first kappa shape index (κ1) is 14.9. The SMILES string of the molecule is COc1cccc(NC(=O)C[NH+]2C[C@@H](C)C[C@H](C)C2)c1. The van der Waals surface area contributed by atoms with Crippen molar-refractivity contribution in [2.24, 2.45) is 11.8 Å². The number of hydrogen-bond donors (Lipinski definition) is 2. The van der Waals surface area contributed by atoms with Gasteiger partial charge in [0.05, 0.1) is 20.2 Å². The fourth-order valence-corrected chi connectivity index (χ4v) is 3.20. The number of nitrogens with one attached hydrogen (secondary N) is 2. The minimum absolute atomic E-state index is 0.0783. The number of carbonyl (C=O) groups is 1. The molecule has 1 aliphatic heterocycles. The highest BCUT2D eigenvalue weighted by atomic mass is 16.5. The number of methoxy groups -OCH3 is 1. The van der Waals surface area contributed by atoms with E-state index < -0.39 is 0 Å². The summed E-state index contributed by atoms with van der Waals surface area (Å²) in [5.41, 5.74) is 0.798. The van der Waals surface area contributed by atoms with Crippen molar-refractivity contribution in [3.63, 3.8) is 0 Å². The third kappa shape index (κ3) is 4.23. The molecule has 20 heavy (non-hydrogen) atoms. The van der Waals surface area contributed by atoms with Gasteiger partial charge in [-0.25, -0.2) is 0 Å². The van der Waals surface area contributed by atoms with Crippen LogP contribution in [0.25, 0.3) is 0 Å². The van der Waals surface area contributed by atoms with Crippen molar-refractivity contribution in [1.29, 1.82) is 0 Å². The first-order valence-electron chi connectivity index (χ1n) is 7.34. The van der Waals surface area contributed by atoms with Crippen molar-refractivity contribution < 1.29 is 14.4 Å². The molecule has 1 aromatic rings. The van der Waals surface area contributed by atoms with E-state index in [1.807, 2.05) is 24.3 Å². The van der Waals surface area contributed by atoms with Crippen LogP contribution in [-0.2, 0) is 4.79 Å². The maximum atomic E-state index is 12.1. The van der Waals surface area contributed by atoms with Gasteiger partial charge < -0.3 is 15.0 Å². The minimum Gasteiger partial charge on any atom is -0.497 e. The quantitative estimate of drug-likeness (QED) is 0.868. The summed E-state index contributed by atoms with van der Waals surface area (Å²) in [6, 6.07) is 7.48. The first-order chi connectivity index (χ1) is 9.56. The van der Waals surface area contributed by atoms with Crippen LogP contribution in [-0.4, -0.2) is 32.7 Å². The molecule has 0 aliphatic carbocycles. The molecule has 2 N–H and O–H groups in total. The van der Waals surface area contributed by atoms with Gasteiger partial charge in [-0.2, -0.15) is 0 Å². The average Bonchev–Trinajstić information content (AvgIpc) is 2.37. The third-order valence-corrected chi connectivity index (χ3v) is 3.84. The zero-order valence-electron chi connectivity index (χ0n) is 12.6. The standard InChI is InChI=1S/C16H24N2O2/c1-12-7-13(2)10-18(9-12)11-16(19)17-14-5-4-6-15(8-14)20-3/h4-6,8,12-13H,7,9-11H2,1-3H3,(H,17,19)/p+1/t12-,13-/m0/s1. The molecule has 1 aliphatic rings. The van der Waals surface area contributed by atoms with E-state index in [0.29, 0.717) is 18.4 Å². The van der Waals surface area contributed by atoms with Crippen LogP contribution in [0.15, 0.2) is 24.3 Å². The fraction of sp³-hybridized carbons (Fsp3) is 0.562. The molecule has 110 valence electrons. The zero-order chi connectivity index (χ0) is 14.5. The Hall–Kier alpha value is -1.55. The molecule has 0 spiro atoms. The Morgan fingerprint density at radius 2 is 2.05 bits per heavy atom. The number of carbonyl (C=O) groups excluding carboxylic acids is 1. The highest BCUT2D eigenvalue weighted by Crippen LogP contribution is 2.16. The number of rotatable bonds is 4. The van der Waals surface area contributed by atoms with Gasteiger partial charge in [-0.3, -0.25) is 4.79 Å². The molecule has 2 atom stereocenters. The molecule has 0 bridgehead atoms. The van der Waals surface area contributed by atoms with E-state index in [4.69, 9.17) is 4.74 Å². The number of ether oxygens (including phenoxy) is 1. The molecule has 1 amide bonds. The Labute approximate surface area is 121 Å². The van der Waals surface area contributed by atoms with Crippen LogP contribution >= 0.6 is 0 Å². The predicted octanol–water partition coefficient (Wildman–Crippen LogP) is 1.19. The Morgan fingerprint density at radius 1 is 1.35 bits per heavy atom. The van der Waals surface area contributed by atoms with Gasteiger partial charge in [-0.15, -0.1) is 0 Å². The van der Waals surface area contributed by atoms with E-state index in [2.05, 4.69) is 19.2 Å². The van der Waals surface area contributed by atoms with E-state index >= 15 is 0 Å². The number of piperidine rings is 1. The van der Waals surface area contributed by atoms with Crippen LogP contribution < -0.4 is 15.0 Å². The van der Waals surface area contributed by atoms with Crippen molar-refractivity contribution in [2.75, 3.05) is 32.1 Å². The molecule has 1 aromatic carbocycles. The maximum absolute atomic E-state index is 12.1. The highest BCUT2D eigenvalue weighted by molar-refractivity contribution is 5.91. The van der Waals surface area contributed by atoms with E-state index in [-0.39, 0.29) is 5.91 Å². The second-order valence-corrected chi connectivity index (χ2v) is 6.06. The van der Waals surface area contributed by atoms with Crippen LogP contribution in [0.3, 0.4) is 0 Å². The zero-order valence-corrected chi connectivity index (χ0v) is 12.6. The lowest BCUT2D eigenvalue weighted by Gasteiger charge is -2.31. The van der Waals surface area contributed by atoms with Crippen molar-refractivity contribution in [2.45, 2.75) is 20.3 Å². The number of benzene rings is 1. The molecule has 2 rings (SSSR count). The van der Waals surface area contributed by atoms with E-state index in [1.165, 1.54) is 11.3 Å². The van der Waals surface area contributed by atoms with E-state index in [1.54, 1.807) is 7.11 Å². The maximum Gasteiger partial charge on any atom is 0.279 e. The summed E-state index contributed by atoms with van der Waals surface area (Å²) in [5.74, 6) is 2.25. The molecule has 0 saturated carbocycles. The molecule has 0 unspecified atom stereocenters. The van der Waals surface area contributed by atoms with Gasteiger partial charge in [0.1, 0.15) is 5.75 Å². The molecular formula is C16H25N2O2+. The molecule has 0 aromatic heterocycles. The highest BCUT2D eigenvalue weighted by Gasteiger charge is 2.26. The average molecular weight is 277 g/mol. The number of hydrogen-bond acceptors (Lipinski definition) is 2. The van der Waals surface area contributed by atoms with Crippen molar-refractivity contribution in [3.05, 3.63) is 24.3 Å². The van der Waals surface area contributed by atoms with E-state index in [0.717, 1.165) is 24.5 Å². The summed E-state index contributed by atoms with van der Waals surface area (Å²) < 4.78 is 5.16. The van der Waals surface area contributed by atoms with Gasteiger partial charge >= 0.3 is 0 Å². The lowest BCUT2D eigenvalue weighted by molar-refractivity contribution is -0.904. The Bertz CT molecular complexity index is 452. The van der Waals surface area contributed by atoms with Crippen LogP contribution in [0.1, 0.15) is 20.3 Å². The molecule has 1 saturated heterocycles. The molecular weight excluding hydrogens is 252 g/mol. The number of quaternary nitrogens is 1. The first-order valence-corrected chi connectivity index (χ1v) is 7.34. The Kier molecular flexibility index (Phi) is 5.01. The molecule has 4 nitrogen and oxygen atoms in total. The molecule has 0 radical (unpaired) electrons. The van der Waals surface area contributed by atoms with Gasteiger partial charge in [0.15, 0.2) is 6.54 Å². The largest absolute Gasteiger partial charge is 0.497 e. The Morgan fingerprint density at radius 3 is 2.70 bits per heavy atom. The lowest BCUT2D eigenvalue weighted by atomic mass is 9.92.